The molecule has 0 spiro atoms. The highest BCUT2D eigenvalue weighted by molar-refractivity contribution is 7.89. The predicted octanol–water partition coefficient (Wildman–Crippen LogP) is 3.71. The van der Waals surface area contributed by atoms with Crippen LogP contribution in [0.25, 0.3) is 0 Å². The highest BCUT2D eigenvalue weighted by atomic mass is 32.2. The molecule has 0 radical (unpaired) electrons. The number of hydrogen-bond donors (Lipinski definition) is 3. The van der Waals surface area contributed by atoms with Gasteiger partial charge >= 0.3 is 18.1 Å². The minimum absolute atomic E-state index is 0.239. The molecule has 13 heteroatoms. The van der Waals surface area contributed by atoms with Crippen molar-refractivity contribution in [1.29, 1.82) is 0 Å². The van der Waals surface area contributed by atoms with Gasteiger partial charge in [0.1, 0.15) is 11.6 Å². The summed E-state index contributed by atoms with van der Waals surface area (Å²) >= 11 is 0. The van der Waals surface area contributed by atoms with Crippen molar-refractivity contribution >= 4 is 21.7 Å². The number of urea groups is 1. The van der Waals surface area contributed by atoms with Gasteiger partial charge in [0, 0.05) is 6.07 Å². The molecule has 3 rings (SSSR count). The van der Waals surface area contributed by atoms with Crippen molar-refractivity contribution in [3.8, 4) is 0 Å². The van der Waals surface area contributed by atoms with Gasteiger partial charge in [-0.05, 0) is 43.0 Å². The van der Waals surface area contributed by atoms with Crippen LogP contribution in [-0.4, -0.2) is 33.1 Å². The fraction of sp³-hybridized carbons (Fsp3) is 0.316. The molecular weight excluding hydrogens is 461 g/mol. The van der Waals surface area contributed by atoms with Crippen LogP contribution in [0.15, 0.2) is 53.4 Å². The molecule has 0 bridgehead atoms. The molecule has 1 unspecified atom stereocenters. The van der Waals surface area contributed by atoms with Gasteiger partial charge in [-0.3, -0.25) is 5.32 Å². The average Bonchev–Trinajstić information content (AvgIpc) is 3.52. The summed E-state index contributed by atoms with van der Waals surface area (Å²) in [6, 6.07) is 6.50. The number of ether oxygens (including phenoxy) is 1. The van der Waals surface area contributed by atoms with Crippen molar-refractivity contribution < 1.29 is 39.9 Å². The Morgan fingerprint density at radius 2 is 1.72 bits per heavy atom. The van der Waals surface area contributed by atoms with Crippen molar-refractivity contribution in [2.45, 2.75) is 29.8 Å². The summed E-state index contributed by atoms with van der Waals surface area (Å²) in [5.74, 6) is -6.31. The van der Waals surface area contributed by atoms with Crippen LogP contribution < -0.4 is 15.4 Å². The van der Waals surface area contributed by atoms with Gasteiger partial charge in [-0.25, -0.2) is 22.0 Å². The number of anilines is 1. The molecule has 1 aliphatic carbocycles. The van der Waals surface area contributed by atoms with Crippen LogP contribution in [0.1, 0.15) is 12.8 Å². The lowest BCUT2D eigenvalue weighted by Gasteiger charge is -2.36. The van der Waals surface area contributed by atoms with E-state index in [-0.39, 0.29) is 5.92 Å². The molecule has 3 N–H and O–H groups in total. The lowest BCUT2D eigenvalue weighted by Crippen LogP contribution is -2.71. The van der Waals surface area contributed by atoms with Gasteiger partial charge in [0.05, 0.1) is 17.2 Å². The monoisotopic (exact) mass is 479 g/mol. The van der Waals surface area contributed by atoms with E-state index in [0.717, 1.165) is 24.3 Å². The fourth-order valence-electron chi connectivity index (χ4n) is 2.58. The van der Waals surface area contributed by atoms with Crippen LogP contribution in [0.2, 0.25) is 0 Å². The van der Waals surface area contributed by atoms with Crippen LogP contribution >= 0.6 is 0 Å². The Morgan fingerprint density at radius 3 is 2.28 bits per heavy atom. The second-order valence-electron chi connectivity index (χ2n) is 7.06. The first-order valence-corrected chi connectivity index (χ1v) is 10.7. The predicted molar refractivity (Wildman–Crippen MR) is 103 cm³/mol. The van der Waals surface area contributed by atoms with Crippen LogP contribution in [-0.2, 0) is 14.8 Å². The Balaban J connectivity index is 1.92. The molecule has 0 aromatic heterocycles. The maximum Gasteiger partial charge on any atom is 0.453 e. The van der Waals surface area contributed by atoms with Gasteiger partial charge in [-0.15, -0.1) is 0 Å². The number of nitrogens with one attached hydrogen (secondary N) is 3. The van der Waals surface area contributed by atoms with E-state index in [2.05, 4.69) is 0 Å². The van der Waals surface area contributed by atoms with Gasteiger partial charge in [0.15, 0.2) is 0 Å². The lowest BCUT2D eigenvalue weighted by atomic mass is 10.3. The molecule has 1 saturated carbocycles. The van der Waals surface area contributed by atoms with Gasteiger partial charge in [-0.1, -0.05) is 18.2 Å². The van der Waals surface area contributed by atoms with Crippen LogP contribution in [0.4, 0.5) is 32.4 Å². The third-order valence-corrected chi connectivity index (χ3v) is 5.88. The first-order valence-electron chi connectivity index (χ1n) is 9.26. The molecule has 2 aromatic rings. The molecule has 0 heterocycles. The highest BCUT2D eigenvalue weighted by Crippen LogP contribution is 2.35. The Kier molecular flexibility index (Phi) is 6.72. The van der Waals surface area contributed by atoms with E-state index in [1.165, 1.54) is 28.2 Å². The second kappa shape index (κ2) is 9.00. The number of rotatable bonds is 8. The average molecular weight is 479 g/mol. The Morgan fingerprint density at radius 1 is 1.06 bits per heavy atom. The largest absolute Gasteiger partial charge is 0.453 e. The van der Waals surface area contributed by atoms with Gasteiger partial charge in [0.25, 0.3) is 0 Å². The van der Waals surface area contributed by atoms with Crippen LogP contribution in [0.5, 0.6) is 0 Å². The number of sulfonamides is 1. The number of amides is 2. The maximum atomic E-state index is 14.1. The Bertz CT molecular complexity index is 1080. The van der Waals surface area contributed by atoms with Crippen molar-refractivity contribution in [1.82, 2.24) is 10.0 Å². The topological polar surface area (TPSA) is 96.5 Å². The summed E-state index contributed by atoms with van der Waals surface area (Å²) in [5, 5.41) is 3.21. The molecule has 174 valence electrons. The molecule has 7 nitrogen and oxygen atoms in total. The van der Waals surface area contributed by atoms with Crippen molar-refractivity contribution in [3.63, 3.8) is 0 Å². The van der Waals surface area contributed by atoms with Gasteiger partial charge in [0.2, 0.25) is 10.0 Å². The van der Waals surface area contributed by atoms with E-state index in [4.69, 9.17) is 4.74 Å². The molecule has 32 heavy (non-hydrogen) atoms. The zero-order valence-corrected chi connectivity index (χ0v) is 17.1. The number of carbonyl (C=O) groups is 1. The first kappa shape index (κ1) is 23.9. The Labute approximate surface area is 180 Å². The molecule has 2 aromatic carbocycles. The highest BCUT2D eigenvalue weighted by Gasteiger charge is 2.61. The van der Waals surface area contributed by atoms with E-state index in [1.54, 1.807) is 5.32 Å². The smallest absolute Gasteiger partial charge is 0.335 e. The van der Waals surface area contributed by atoms with Crippen molar-refractivity contribution in [3.05, 3.63) is 60.2 Å². The van der Waals surface area contributed by atoms with Crippen LogP contribution in [0.3, 0.4) is 0 Å². The number of alkyl halides is 3. The number of benzene rings is 2. The number of hydrogen-bond acceptors (Lipinski definition) is 4. The minimum Gasteiger partial charge on any atom is -0.335 e. The minimum atomic E-state index is -5.46. The summed E-state index contributed by atoms with van der Waals surface area (Å²) in [4.78, 5) is 11.8. The van der Waals surface area contributed by atoms with Gasteiger partial charge in [-0.2, -0.15) is 17.9 Å². The third-order valence-electron chi connectivity index (χ3n) is 4.43. The van der Waals surface area contributed by atoms with Gasteiger partial charge < -0.3 is 10.1 Å². The molecular formula is C19H18F5N3O4S. The molecule has 0 aliphatic heterocycles. The normalized spacial score (nSPS) is 16.3. The second-order valence-corrected chi connectivity index (χ2v) is 8.74. The number of carbonyl (C=O) groups excluding carboxylic acids is 1. The Hall–Kier alpha value is -2.77. The zero-order valence-electron chi connectivity index (χ0n) is 16.2. The van der Waals surface area contributed by atoms with Crippen LogP contribution in [0, 0.1) is 17.6 Å². The van der Waals surface area contributed by atoms with E-state index in [1.807, 2.05) is 0 Å². The summed E-state index contributed by atoms with van der Waals surface area (Å²) in [6.45, 7) is -0.498. The molecule has 1 fully saturated rings. The molecule has 1 aliphatic rings. The zero-order chi connectivity index (χ0) is 23.6. The van der Waals surface area contributed by atoms with Crippen molar-refractivity contribution in [2.24, 2.45) is 5.92 Å². The quantitative estimate of drug-likeness (QED) is 0.397. The van der Waals surface area contributed by atoms with Crippen molar-refractivity contribution in [2.75, 3.05) is 11.9 Å². The lowest BCUT2D eigenvalue weighted by molar-refractivity contribution is -0.292. The molecule has 0 saturated heterocycles. The summed E-state index contributed by atoms with van der Waals surface area (Å²) in [5.41, 5.74) is -0.631. The summed E-state index contributed by atoms with van der Waals surface area (Å²) in [7, 11) is -4.82. The van der Waals surface area contributed by atoms with E-state index in [9.17, 15) is 35.2 Å². The fourth-order valence-corrected chi connectivity index (χ4v) is 3.82. The SMILES string of the molecule is O=C(Nc1ccc(F)cc1F)NC(NS(=O)(=O)c1ccccc1)(OCC1CC1)C(F)(F)F. The third kappa shape index (κ3) is 5.72. The summed E-state index contributed by atoms with van der Waals surface area (Å²) in [6.07, 6.45) is -4.30. The summed E-state index contributed by atoms with van der Waals surface area (Å²) < 4.78 is 101. The maximum absolute atomic E-state index is 14.1. The van der Waals surface area contributed by atoms with E-state index < -0.39 is 56.9 Å². The first-order chi connectivity index (χ1) is 14.9. The van der Waals surface area contributed by atoms with E-state index >= 15 is 0 Å². The number of halogens is 5. The van der Waals surface area contributed by atoms with E-state index in [0.29, 0.717) is 18.9 Å². The molecule has 2 amide bonds. The standard InChI is InChI=1S/C19H18F5N3O4S/c20-13-8-9-16(15(21)10-13)25-17(28)26-19(18(22,23)24,31-11-12-6-7-12)27-32(29,30)14-4-2-1-3-5-14/h1-5,8-10,12,27H,6-7,11H2,(H2,25,26,28). The molecule has 1 atom stereocenters.